The molecule has 2 aromatic carbocycles. The SMILES string of the molecule is COCC(=O)N(Cc1ccccc1)[C@@H](C)c1ccccc1. The van der Waals surface area contributed by atoms with Gasteiger partial charge in [0.05, 0.1) is 6.04 Å². The van der Waals surface area contributed by atoms with Crippen LogP contribution in [0, 0.1) is 0 Å². The Labute approximate surface area is 126 Å². The topological polar surface area (TPSA) is 29.5 Å². The molecule has 2 aromatic rings. The normalized spacial score (nSPS) is 11.9. The first kappa shape index (κ1) is 15.3. The van der Waals surface area contributed by atoms with Gasteiger partial charge in [-0.05, 0) is 18.1 Å². The molecule has 0 N–H and O–H groups in total. The third kappa shape index (κ3) is 4.17. The van der Waals surface area contributed by atoms with Crippen LogP contribution in [0.4, 0.5) is 0 Å². The van der Waals surface area contributed by atoms with E-state index < -0.39 is 0 Å². The first-order chi connectivity index (χ1) is 10.2. The van der Waals surface area contributed by atoms with E-state index in [-0.39, 0.29) is 18.6 Å². The number of nitrogens with zero attached hydrogens (tertiary/aromatic N) is 1. The van der Waals surface area contributed by atoms with Crippen molar-refractivity contribution in [3.63, 3.8) is 0 Å². The molecule has 0 aromatic heterocycles. The second-order valence-electron chi connectivity index (χ2n) is 5.03. The molecule has 0 bridgehead atoms. The van der Waals surface area contributed by atoms with Gasteiger partial charge in [0.2, 0.25) is 5.91 Å². The summed E-state index contributed by atoms with van der Waals surface area (Å²) in [5.74, 6) is -0.00212. The molecular weight excluding hydrogens is 262 g/mol. The minimum absolute atomic E-state index is 0.00212. The van der Waals surface area contributed by atoms with Crippen molar-refractivity contribution in [2.45, 2.75) is 19.5 Å². The van der Waals surface area contributed by atoms with Crippen LogP contribution in [0.3, 0.4) is 0 Å². The van der Waals surface area contributed by atoms with Gasteiger partial charge in [-0.25, -0.2) is 0 Å². The summed E-state index contributed by atoms with van der Waals surface area (Å²) in [6.45, 7) is 2.73. The molecule has 3 heteroatoms. The Bertz CT molecular complexity index is 554. The first-order valence-corrected chi connectivity index (χ1v) is 7.09. The molecule has 0 radical (unpaired) electrons. The number of hydrogen-bond donors (Lipinski definition) is 0. The van der Waals surface area contributed by atoms with E-state index in [2.05, 4.69) is 0 Å². The number of carbonyl (C=O) groups is 1. The summed E-state index contributed by atoms with van der Waals surface area (Å²) >= 11 is 0. The summed E-state index contributed by atoms with van der Waals surface area (Å²) < 4.78 is 5.02. The molecule has 0 heterocycles. The standard InChI is InChI=1S/C18H21NO2/c1-15(17-11-7-4-8-12-17)19(18(20)14-21-2)13-16-9-5-3-6-10-16/h3-12,15H,13-14H2,1-2H3/t15-/m0/s1. The summed E-state index contributed by atoms with van der Waals surface area (Å²) in [6, 6.07) is 20.1. The van der Waals surface area contributed by atoms with Gasteiger partial charge in [-0.1, -0.05) is 60.7 Å². The number of hydrogen-bond acceptors (Lipinski definition) is 2. The molecule has 0 aliphatic carbocycles. The highest BCUT2D eigenvalue weighted by Crippen LogP contribution is 2.22. The maximum absolute atomic E-state index is 12.4. The third-order valence-electron chi connectivity index (χ3n) is 3.53. The lowest BCUT2D eigenvalue weighted by atomic mass is 10.1. The van der Waals surface area contributed by atoms with Crippen LogP contribution in [-0.4, -0.2) is 24.5 Å². The quantitative estimate of drug-likeness (QED) is 0.813. The Morgan fingerprint density at radius 1 is 1.05 bits per heavy atom. The van der Waals surface area contributed by atoms with Crippen LogP contribution >= 0.6 is 0 Å². The number of benzene rings is 2. The van der Waals surface area contributed by atoms with E-state index in [4.69, 9.17) is 4.74 Å². The van der Waals surface area contributed by atoms with Gasteiger partial charge in [-0.3, -0.25) is 4.79 Å². The summed E-state index contributed by atoms with van der Waals surface area (Å²) in [5, 5.41) is 0. The smallest absolute Gasteiger partial charge is 0.249 e. The monoisotopic (exact) mass is 283 g/mol. The van der Waals surface area contributed by atoms with Crippen molar-refractivity contribution in [2.24, 2.45) is 0 Å². The van der Waals surface area contributed by atoms with Crippen LogP contribution in [0.15, 0.2) is 60.7 Å². The summed E-state index contributed by atoms with van der Waals surface area (Å²) in [4.78, 5) is 14.2. The lowest BCUT2D eigenvalue weighted by Gasteiger charge is -2.29. The highest BCUT2D eigenvalue weighted by Gasteiger charge is 2.21. The largest absolute Gasteiger partial charge is 0.375 e. The molecule has 0 fully saturated rings. The van der Waals surface area contributed by atoms with Crippen LogP contribution in [-0.2, 0) is 16.1 Å². The Morgan fingerprint density at radius 3 is 2.19 bits per heavy atom. The number of ether oxygens (including phenoxy) is 1. The molecule has 2 rings (SSSR count). The van der Waals surface area contributed by atoms with E-state index in [9.17, 15) is 4.79 Å². The van der Waals surface area contributed by atoms with Crippen molar-refractivity contribution in [3.8, 4) is 0 Å². The van der Waals surface area contributed by atoms with Gasteiger partial charge in [-0.15, -0.1) is 0 Å². The fraction of sp³-hybridized carbons (Fsp3) is 0.278. The van der Waals surface area contributed by atoms with Crippen molar-refractivity contribution < 1.29 is 9.53 Å². The van der Waals surface area contributed by atoms with E-state index in [1.807, 2.05) is 72.5 Å². The maximum atomic E-state index is 12.4. The van der Waals surface area contributed by atoms with Crippen LogP contribution in [0.2, 0.25) is 0 Å². The van der Waals surface area contributed by atoms with Gasteiger partial charge < -0.3 is 9.64 Å². The minimum atomic E-state index is -0.00212. The zero-order valence-corrected chi connectivity index (χ0v) is 12.5. The molecule has 110 valence electrons. The van der Waals surface area contributed by atoms with Crippen LogP contribution in [0.5, 0.6) is 0 Å². The molecule has 0 saturated heterocycles. The number of carbonyl (C=O) groups excluding carboxylic acids is 1. The Kier molecular flexibility index (Phi) is 5.52. The zero-order chi connectivity index (χ0) is 15.1. The molecule has 0 aliphatic rings. The van der Waals surface area contributed by atoms with Gasteiger partial charge >= 0.3 is 0 Å². The van der Waals surface area contributed by atoms with Crippen LogP contribution in [0.1, 0.15) is 24.1 Å². The Morgan fingerprint density at radius 2 is 1.62 bits per heavy atom. The van der Waals surface area contributed by atoms with Crippen molar-refractivity contribution in [2.75, 3.05) is 13.7 Å². The molecule has 0 saturated carbocycles. The fourth-order valence-corrected chi connectivity index (χ4v) is 2.34. The fourth-order valence-electron chi connectivity index (χ4n) is 2.34. The lowest BCUT2D eigenvalue weighted by Crippen LogP contribution is -2.35. The van der Waals surface area contributed by atoms with E-state index in [0.29, 0.717) is 6.54 Å². The predicted molar refractivity (Wildman–Crippen MR) is 83.7 cm³/mol. The minimum Gasteiger partial charge on any atom is -0.375 e. The third-order valence-corrected chi connectivity index (χ3v) is 3.53. The number of methoxy groups -OCH3 is 1. The second kappa shape index (κ2) is 7.60. The molecule has 3 nitrogen and oxygen atoms in total. The predicted octanol–water partition coefficient (Wildman–Crippen LogP) is 3.42. The van der Waals surface area contributed by atoms with Gasteiger partial charge in [0.25, 0.3) is 0 Å². The number of amides is 1. The average Bonchev–Trinajstić information content (AvgIpc) is 2.54. The molecule has 0 unspecified atom stereocenters. The van der Waals surface area contributed by atoms with E-state index in [1.54, 1.807) is 7.11 Å². The molecular formula is C18H21NO2. The average molecular weight is 283 g/mol. The maximum Gasteiger partial charge on any atom is 0.249 e. The van der Waals surface area contributed by atoms with Crippen LogP contribution in [0.25, 0.3) is 0 Å². The van der Waals surface area contributed by atoms with Gasteiger partial charge in [0.15, 0.2) is 0 Å². The summed E-state index contributed by atoms with van der Waals surface area (Å²) in [5.41, 5.74) is 2.24. The summed E-state index contributed by atoms with van der Waals surface area (Å²) in [7, 11) is 1.55. The first-order valence-electron chi connectivity index (χ1n) is 7.09. The lowest BCUT2D eigenvalue weighted by molar-refractivity contribution is -0.138. The van der Waals surface area contributed by atoms with Crippen molar-refractivity contribution in [1.82, 2.24) is 4.90 Å². The van der Waals surface area contributed by atoms with Gasteiger partial charge in [0.1, 0.15) is 6.61 Å². The van der Waals surface area contributed by atoms with E-state index in [0.717, 1.165) is 11.1 Å². The Hall–Kier alpha value is -2.13. The van der Waals surface area contributed by atoms with Gasteiger partial charge in [-0.2, -0.15) is 0 Å². The van der Waals surface area contributed by atoms with Gasteiger partial charge in [0, 0.05) is 13.7 Å². The zero-order valence-electron chi connectivity index (χ0n) is 12.5. The van der Waals surface area contributed by atoms with E-state index >= 15 is 0 Å². The van der Waals surface area contributed by atoms with Crippen molar-refractivity contribution >= 4 is 5.91 Å². The highest BCUT2D eigenvalue weighted by molar-refractivity contribution is 5.78. The highest BCUT2D eigenvalue weighted by atomic mass is 16.5. The summed E-state index contributed by atoms with van der Waals surface area (Å²) in [6.07, 6.45) is 0. The molecule has 0 aliphatic heterocycles. The molecule has 1 amide bonds. The molecule has 0 spiro atoms. The molecule has 21 heavy (non-hydrogen) atoms. The number of rotatable bonds is 6. The van der Waals surface area contributed by atoms with Crippen molar-refractivity contribution in [3.05, 3.63) is 71.8 Å². The van der Waals surface area contributed by atoms with Crippen molar-refractivity contribution in [1.29, 1.82) is 0 Å². The van der Waals surface area contributed by atoms with E-state index in [1.165, 1.54) is 0 Å². The van der Waals surface area contributed by atoms with Crippen LogP contribution < -0.4 is 0 Å². The second-order valence-corrected chi connectivity index (χ2v) is 5.03. The molecule has 1 atom stereocenters. The Balaban J connectivity index is 2.21.